The predicted molar refractivity (Wildman–Crippen MR) is 58.2 cm³/mol. The first-order valence-corrected chi connectivity index (χ1v) is 5.54. The molecule has 0 bridgehead atoms. The van der Waals surface area contributed by atoms with Crippen LogP contribution in [0.25, 0.3) is 0 Å². The number of amides is 1. The number of anilines is 1. The van der Waals surface area contributed by atoms with Gasteiger partial charge in [-0.05, 0) is 0 Å². The van der Waals surface area contributed by atoms with Crippen LogP contribution < -0.4 is 10.6 Å². The van der Waals surface area contributed by atoms with Crippen LogP contribution in [0, 0.1) is 0 Å². The molecule has 18 heavy (non-hydrogen) atoms. The van der Waals surface area contributed by atoms with Crippen molar-refractivity contribution in [2.75, 3.05) is 11.9 Å². The maximum Gasteiger partial charge on any atom is 0.257 e. The Morgan fingerprint density at radius 2 is 2.44 bits per heavy atom. The van der Waals surface area contributed by atoms with E-state index in [1.165, 1.54) is 12.3 Å². The monoisotopic (exact) mass is 262 g/mol. The van der Waals surface area contributed by atoms with Gasteiger partial charge in [0.2, 0.25) is 5.91 Å². The summed E-state index contributed by atoms with van der Waals surface area (Å²) in [5.41, 5.74) is 0. The zero-order valence-corrected chi connectivity index (χ0v) is 9.44. The molecule has 2 rings (SSSR count). The molecule has 0 spiro atoms. The molecule has 0 radical (unpaired) electrons. The van der Waals surface area contributed by atoms with E-state index < -0.39 is 31.1 Å². The lowest BCUT2D eigenvalue weighted by atomic mass is 10.2. The van der Waals surface area contributed by atoms with E-state index in [0.717, 1.165) is 4.68 Å². The van der Waals surface area contributed by atoms with Crippen molar-refractivity contribution in [3.05, 3.63) is 12.3 Å². The number of alkyl halides is 3. The fourth-order valence-electron chi connectivity index (χ4n) is 1.78. The van der Waals surface area contributed by atoms with Gasteiger partial charge in [-0.1, -0.05) is 0 Å². The topological polar surface area (TPSA) is 59.0 Å². The lowest BCUT2D eigenvalue weighted by Crippen LogP contribution is -2.35. The first kappa shape index (κ1) is 12.9. The lowest BCUT2D eigenvalue weighted by Gasteiger charge is -2.08. The highest BCUT2D eigenvalue weighted by molar-refractivity contribution is 5.94. The Morgan fingerprint density at radius 3 is 3.06 bits per heavy atom. The fourth-order valence-corrected chi connectivity index (χ4v) is 1.78. The largest absolute Gasteiger partial charge is 0.308 e. The molecule has 2 heterocycles. The molecular weight excluding hydrogens is 249 g/mol. The Kier molecular flexibility index (Phi) is 3.85. The molecule has 100 valence electrons. The van der Waals surface area contributed by atoms with Crippen LogP contribution in [0.4, 0.5) is 19.0 Å². The number of hydrogen-bond donors (Lipinski definition) is 2. The quantitative estimate of drug-likeness (QED) is 0.843. The summed E-state index contributed by atoms with van der Waals surface area (Å²) in [6.45, 7) is -0.373. The van der Waals surface area contributed by atoms with Gasteiger partial charge in [0, 0.05) is 25.2 Å². The number of carbonyl (C=O) groups is 1. The number of aromatic nitrogens is 2. The van der Waals surface area contributed by atoms with Crippen LogP contribution in [-0.4, -0.2) is 40.9 Å². The molecule has 1 aliphatic rings. The SMILES string of the molecule is O=C(Nc1ccn(CC(F)F)n1)C1CC(F)CN1. The van der Waals surface area contributed by atoms with Gasteiger partial charge in [-0.25, -0.2) is 13.2 Å². The van der Waals surface area contributed by atoms with Crippen molar-refractivity contribution in [2.24, 2.45) is 0 Å². The highest BCUT2D eigenvalue weighted by Crippen LogP contribution is 2.12. The summed E-state index contributed by atoms with van der Waals surface area (Å²) in [6, 6.07) is 0.822. The Labute approximate surface area is 101 Å². The van der Waals surface area contributed by atoms with E-state index in [4.69, 9.17) is 0 Å². The highest BCUT2D eigenvalue weighted by atomic mass is 19.3. The second kappa shape index (κ2) is 5.38. The van der Waals surface area contributed by atoms with Crippen LogP contribution in [0.1, 0.15) is 6.42 Å². The van der Waals surface area contributed by atoms with Crippen molar-refractivity contribution in [3.63, 3.8) is 0 Å². The molecule has 1 saturated heterocycles. The third-order valence-electron chi connectivity index (χ3n) is 2.61. The van der Waals surface area contributed by atoms with Crippen LogP contribution in [0.15, 0.2) is 12.3 Å². The van der Waals surface area contributed by atoms with E-state index in [1.54, 1.807) is 0 Å². The molecule has 0 aliphatic carbocycles. The van der Waals surface area contributed by atoms with Gasteiger partial charge in [0.25, 0.3) is 6.43 Å². The average Bonchev–Trinajstić information content (AvgIpc) is 2.87. The molecule has 0 saturated carbocycles. The van der Waals surface area contributed by atoms with Gasteiger partial charge in [0.15, 0.2) is 5.82 Å². The smallest absolute Gasteiger partial charge is 0.257 e. The molecule has 1 fully saturated rings. The van der Waals surface area contributed by atoms with E-state index in [0.29, 0.717) is 0 Å². The second-order valence-electron chi connectivity index (χ2n) is 4.10. The maximum atomic E-state index is 12.9. The minimum atomic E-state index is -2.50. The van der Waals surface area contributed by atoms with Crippen molar-refractivity contribution in [3.8, 4) is 0 Å². The number of nitrogens with one attached hydrogen (secondary N) is 2. The molecule has 8 heteroatoms. The van der Waals surface area contributed by atoms with Crippen molar-refractivity contribution in [1.82, 2.24) is 15.1 Å². The van der Waals surface area contributed by atoms with Gasteiger partial charge in [0.05, 0.1) is 6.04 Å². The van der Waals surface area contributed by atoms with E-state index >= 15 is 0 Å². The summed E-state index contributed by atoms with van der Waals surface area (Å²) in [4.78, 5) is 11.7. The number of rotatable bonds is 4. The second-order valence-corrected chi connectivity index (χ2v) is 4.10. The summed E-state index contributed by atoms with van der Waals surface area (Å²) in [7, 11) is 0. The van der Waals surface area contributed by atoms with Crippen molar-refractivity contribution in [2.45, 2.75) is 31.6 Å². The normalized spacial score (nSPS) is 23.6. The maximum absolute atomic E-state index is 12.9. The lowest BCUT2D eigenvalue weighted by molar-refractivity contribution is -0.117. The van der Waals surface area contributed by atoms with Crippen molar-refractivity contribution >= 4 is 11.7 Å². The van der Waals surface area contributed by atoms with Crippen molar-refractivity contribution < 1.29 is 18.0 Å². The summed E-state index contributed by atoms with van der Waals surface area (Å²) in [6.07, 6.45) is -2.07. The van der Waals surface area contributed by atoms with Crippen LogP contribution in [-0.2, 0) is 11.3 Å². The van der Waals surface area contributed by atoms with Crippen LogP contribution in [0.5, 0.6) is 0 Å². The van der Waals surface area contributed by atoms with Gasteiger partial charge >= 0.3 is 0 Å². The number of nitrogens with zero attached hydrogens (tertiary/aromatic N) is 2. The molecule has 1 aromatic rings. The fraction of sp³-hybridized carbons (Fsp3) is 0.600. The zero-order chi connectivity index (χ0) is 13.1. The van der Waals surface area contributed by atoms with E-state index in [1.807, 2.05) is 0 Å². The molecular formula is C10H13F3N4O. The molecule has 1 aromatic heterocycles. The summed E-state index contributed by atoms with van der Waals surface area (Å²) < 4.78 is 38.1. The first-order valence-electron chi connectivity index (χ1n) is 5.54. The van der Waals surface area contributed by atoms with Crippen LogP contribution >= 0.6 is 0 Å². The Hall–Kier alpha value is -1.57. The van der Waals surface area contributed by atoms with Gasteiger partial charge in [-0.15, -0.1) is 0 Å². The molecule has 5 nitrogen and oxygen atoms in total. The van der Waals surface area contributed by atoms with Crippen LogP contribution in [0.3, 0.4) is 0 Å². The predicted octanol–water partition coefficient (Wildman–Crippen LogP) is 0.787. The van der Waals surface area contributed by atoms with E-state index in [2.05, 4.69) is 15.7 Å². The number of halogens is 3. The van der Waals surface area contributed by atoms with Crippen LogP contribution in [0.2, 0.25) is 0 Å². The Bertz CT molecular complexity index is 423. The molecule has 0 aromatic carbocycles. The minimum absolute atomic E-state index is 0.115. The number of carbonyl (C=O) groups excluding carboxylic acids is 1. The molecule has 1 amide bonds. The molecule has 2 unspecified atom stereocenters. The van der Waals surface area contributed by atoms with Gasteiger partial charge in [-0.2, -0.15) is 5.10 Å². The summed E-state index contributed by atoms with van der Waals surface area (Å²) in [5.74, 6) is -0.220. The Balaban J connectivity index is 1.89. The average molecular weight is 262 g/mol. The molecule has 1 aliphatic heterocycles. The Morgan fingerprint density at radius 1 is 1.67 bits per heavy atom. The molecule has 2 atom stereocenters. The zero-order valence-electron chi connectivity index (χ0n) is 9.44. The third-order valence-corrected chi connectivity index (χ3v) is 2.61. The van der Waals surface area contributed by atoms with Gasteiger partial charge in [0.1, 0.15) is 12.7 Å². The van der Waals surface area contributed by atoms with E-state index in [9.17, 15) is 18.0 Å². The minimum Gasteiger partial charge on any atom is -0.308 e. The van der Waals surface area contributed by atoms with Gasteiger partial charge < -0.3 is 10.6 Å². The highest BCUT2D eigenvalue weighted by Gasteiger charge is 2.29. The van der Waals surface area contributed by atoms with Crippen molar-refractivity contribution in [1.29, 1.82) is 0 Å². The molecule has 2 N–H and O–H groups in total. The summed E-state index contributed by atoms with van der Waals surface area (Å²) in [5, 5.41) is 8.94. The standard InChI is InChI=1S/C10H13F3N4O/c11-6-3-7(14-4-6)10(18)15-9-1-2-17(16-9)5-8(12)13/h1-2,6-8,14H,3-5H2,(H,15,16,18). The third kappa shape index (κ3) is 3.22. The summed E-state index contributed by atoms with van der Waals surface area (Å²) >= 11 is 0. The van der Waals surface area contributed by atoms with Gasteiger partial charge in [-0.3, -0.25) is 9.48 Å². The van der Waals surface area contributed by atoms with E-state index in [-0.39, 0.29) is 18.8 Å². The first-order chi connectivity index (χ1) is 8.54. The number of hydrogen-bond acceptors (Lipinski definition) is 3.